The van der Waals surface area contributed by atoms with Crippen molar-refractivity contribution in [3.63, 3.8) is 0 Å². The normalized spacial score (nSPS) is 15.9. The number of nitrogens with one attached hydrogen (secondary N) is 1. The number of rotatable bonds is 7. The Labute approximate surface area is 122 Å². The van der Waals surface area contributed by atoms with Crippen LogP contribution in [0.4, 0.5) is 4.39 Å². The zero-order valence-corrected chi connectivity index (χ0v) is 11.6. The molecule has 0 saturated heterocycles. The molecule has 1 amide bonds. The minimum absolute atomic E-state index is 0.0521. The molecule has 0 aromatic heterocycles. The summed E-state index contributed by atoms with van der Waals surface area (Å²) in [5.41, 5.74) is -0.595. The highest BCUT2D eigenvalue weighted by Gasteiger charge is 2.40. The highest BCUT2D eigenvalue weighted by molar-refractivity contribution is 5.78. The quantitative estimate of drug-likeness (QED) is 0.808. The highest BCUT2D eigenvalue weighted by atomic mass is 19.1. The van der Waals surface area contributed by atoms with Gasteiger partial charge in [0.15, 0.2) is 0 Å². The van der Waals surface area contributed by atoms with Gasteiger partial charge in [-0.3, -0.25) is 9.59 Å². The van der Waals surface area contributed by atoms with Crippen LogP contribution in [0.25, 0.3) is 0 Å². The number of hydrogen-bond donors (Lipinski definition) is 2. The number of carbonyl (C=O) groups is 2. The third-order valence-electron chi connectivity index (χ3n) is 3.60. The van der Waals surface area contributed by atoms with Gasteiger partial charge in [0.25, 0.3) is 0 Å². The monoisotopic (exact) mass is 295 g/mol. The number of carbonyl (C=O) groups excluding carboxylic acids is 1. The fraction of sp³-hybridized carbons (Fsp3) is 0.467. The summed E-state index contributed by atoms with van der Waals surface area (Å²) in [5, 5.41) is 11.7. The van der Waals surface area contributed by atoms with Crippen LogP contribution in [0.2, 0.25) is 0 Å². The number of carboxylic acid groups (broad SMARTS) is 1. The topological polar surface area (TPSA) is 75.6 Å². The lowest BCUT2D eigenvalue weighted by molar-refractivity contribution is -0.140. The number of carboxylic acids is 1. The van der Waals surface area contributed by atoms with Gasteiger partial charge in [-0.1, -0.05) is 6.07 Å². The Bertz CT molecular complexity index is 528. The van der Waals surface area contributed by atoms with E-state index in [4.69, 9.17) is 9.84 Å². The first-order valence-electron chi connectivity index (χ1n) is 6.90. The molecular formula is C15H18FNO4. The highest BCUT2D eigenvalue weighted by Crippen LogP contribution is 2.34. The van der Waals surface area contributed by atoms with Crippen molar-refractivity contribution in [3.05, 3.63) is 30.1 Å². The zero-order valence-electron chi connectivity index (χ0n) is 11.6. The molecule has 0 spiro atoms. The van der Waals surface area contributed by atoms with Crippen LogP contribution >= 0.6 is 0 Å². The average molecular weight is 295 g/mol. The van der Waals surface area contributed by atoms with E-state index in [-0.39, 0.29) is 25.4 Å². The Morgan fingerprint density at radius 2 is 2.14 bits per heavy atom. The van der Waals surface area contributed by atoms with E-state index in [0.717, 1.165) is 6.42 Å². The van der Waals surface area contributed by atoms with E-state index < -0.39 is 17.3 Å². The smallest absolute Gasteiger partial charge is 0.305 e. The van der Waals surface area contributed by atoms with Crippen LogP contribution in [-0.2, 0) is 9.59 Å². The van der Waals surface area contributed by atoms with Crippen molar-refractivity contribution in [1.82, 2.24) is 5.32 Å². The van der Waals surface area contributed by atoms with Crippen LogP contribution in [0.5, 0.6) is 5.75 Å². The number of amides is 1. The first-order chi connectivity index (χ1) is 9.99. The fourth-order valence-corrected chi connectivity index (χ4v) is 2.42. The Morgan fingerprint density at radius 1 is 1.38 bits per heavy atom. The summed E-state index contributed by atoms with van der Waals surface area (Å²) in [6.45, 7) is 0.123. The summed E-state index contributed by atoms with van der Waals surface area (Å²) >= 11 is 0. The summed E-state index contributed by atoms with van der Waals surface area (Å²) in [7, 11) is 0. The number of halogens is 1. The van der Waals surface area contributed by atoms with Crippen molar-refractivity contribution in [2.24, 2.45) is 0 Å². The summed E-state index contributed by atoms with van der Waals surface area (Å²) in [6.07, 6.45) is 2.36. The maximum Gasteiger partial charge on any atom is 0.305 e. The SMILES string of the molecule is O=C(O)CC1(NC(=O)CCOc2cccc(F)c2)CCC1. The lowest BCUT2D eigenvalue weighted by atomic mass is 9.74. The molecule has 1 fully saturated rings. The number of hydrogen-bond acceptors (Lipinski definition) is 3. The third-order valence-corrected chi connectivity index (χ3v) is 3.60. The van der Waals surface area contributed by atoms with E-state index in [1.807, 2.05) is 0 Å². The van der Waals surface area contributed by atoms with Crippen LogP contribution < -0.4 is 10.1 Å². The third kappa shape index (κ3) is 4.44. The molecule has 1 aliphatic carbocycles. The van der Waals surface area contributed by atoms with Crippen LogP contribution in [-0.4, -0.2) is 29.1 Å². The molecule has 0 bridgehead atoms. The minimum Gasteiger partial charge on any atom is -0.493 e. The lowest BCUT2D eigenvalue weighted by Crippen LogP contribution is -2.54. The number of ether oxygens (including phenoxy) is 1. The lowest BCUT2D eigenvalue weighted by Gasteiger charge is -2.41. The number of benzene rings is 1. The van der Waals surface area contributed by atoms with Crippen molar-refractivity contribution in [1.29, 1.82) is 0 Å². The predicted molar refractivity (Wildman–Crippen MR) is 73.5 cm³/mol. The van der Waals surface area contributed by atoms with Crippen molar-refractivity contribution in [3.8, 4) is 5.75 Å². The number of aliphatic carboxylic acids is 1. The van der Waals surface area contributed by atoms with E-state index in [0.29, 0.717) is 18.6 Å². The Kier molecular flexibility index (Phi) is 4.77. The molecule has 114 valence electrons. The van der Waals surface area contributed by atoms with Gasteiger partial charge in [-0.15, -0.1) is 0 Å². The molecule has 1 saturated carbocycles. The van der Waals surface area contributed by atoms with Gasteiger partial charge in [0.05, 0.1) is 25.0 Å². The first kappa shape index (κ1) is 15.3. The Balaban J connectivity index is 1.76. The summed E-state index contributed by atoms with van der Waals surface area (Å²) in [4.78, 5) is 22.6. The molecule has 0 aliphatic heterocycles. The van der Waals surface area contributed by atoms with Gasteiger partial charge >= 0.3 is 5.97 Å². The maximum absolute atomic E-state index is 12.9. The average Bonchev–Trinajstić information content (AvgIpc) is 2.35. The molecule has 0 atom stereocenters. The molecule has 1 aromatic carbocycles. The summed E-state index contributed by atoms with van der Waals surface area (Å²) in [5.74, 6) is -1.18. The van der Waals surface area contributed by atoms with Crippen LogP contribution in [0.15, 0.2) is 24.3 Å². The van der Waals surface area contributed by atoms with Gasteiger partial charge in [-0.25, -0.2) is 4.39 Å². The van der Waals surface area contributed by atoms with Gasteiger partial charge in [0, 0.05) is 6.07 Å². The summed E-state index contributed by atoms with van der Waals surface area (Å²) < 4.78 is 18.2. The van der Waals surface area contributed by atoms with E-state index in [2.05, 4.69) is 5.32 Å². The van der Waals surface area contributed by atoms with Crippen molar-refractivity contribution >= 4 is 11.9 Å². The fourth-order valence-electron chi connectivity index (χ4n) is 2.42. The molecular weight excluding hydrogens is 277 g/mol. The minimum atomic E-state index is -0.911. The van der Waals surface area contributed by atoms with Crippen LogP contribution in [0.1, 0.15) is 32.1 Å². The first-order valence-corrected chi connectivity index (χ1v) is 6.90. The molecule has 0 unspecified atom stereocenters. The molecule has 5 nitrogen and oxygen atoms in total. The zero-order chi connectivity index (χ0) is 15.3. The van der Waals surface area contributed by atoms with Crippen molar-refractivity contribution < 1.29 is 23.8 Å². The molecule has 1 aliphatic rings. The van der Waals surface area contributed by atoms with E-state index in [1.54, 1.807) is 6.07 Å². The molecule has 6 heteroatoms. The second-order valence-electron chi connectivity index (χ2n) is 5.31. The molecule has 2 N–H and O–H groups in total. The van der Waals surface area contributed by atoms with Gasteiger partial charge in [0.1, 0.15) is 11.6 Å². The van der Waals surface area contributed by atoms with E-state index >= 15 is 0 Å². The molecule has 2 rings (SSSR count). The largest absolute Gasteiger partial charge is 0.493 e. The van der Waals surface area contributed by atoms with E-state index in [9.17, 15) is 14.0 Å². The summed E-state index contributed by atoms with van der Waals surface area (Å²) in [6, 6.07) is 5.70. The molecule has 0 radical (unpaired) electrons. The second kappa shape index (κ2) is 6.56. The maximum atomic E-state index is 12.9. The predicted octanol–water partition coefficient (Wildman–Crippen LogP) is 2.11. The van der Waals surface area contributed by atoms with Crippen molar-refractivity contribution in [2.75, 3.05) is 6.61 Å². The van der Waals surface area contributed by atoms with Crippen molar-refractivity contribution in [2.45, 2.75) is 37.6 Å². The van der Waals surface area contributed by atoms with Gasteiger partial charge in [0.2, 0.25) is 5.91 Å². The van der Waals surface area contributed by atoms with E-state index in [1.165, 1.54) is 18.2 Å². The second-order valence-corrected chi connectivity index (χ2v) is 5.31. The Morgan fingerprint density at radius 3 is 2.71 bits per heavy atom. The van der Waals surface area contributed by atoms with Crippen LogP contribution in [0.3, 0.4) is 0 Å². The molecule has 21 heavy (non-hydrogen) atoms. The van der Waals surface area contributed by atoms with Gasteiger partial charge in [-0.05, 0) is 31.4 Å². The standard InChI is InChI=1S/C15H18FNO4/c16-11-3-1-4-12(9-11)21-8-5-13(18)17-15(6-2-7-15)10-14(19)20/h1,3-4,9H,2,5-8,10H2,(H,17,18)(H,19,20). The Hall–Kier alpha value is -2.11. The van der Waals surface area contributed by atoms with Gasteiger partial charge in [-0.2, -0.15) is 0 Å². The van der Waals surface area contributed by atoms with Gasteiger partial charge < -0.3 is 15.2 Å². The molecule has 0 heterocycles. The molecule has 1 aromatic rings. The van der Waals surface area contributed by atoms with Crippen LogP contribution in [0, 0.1) is 5.82 Å².